The molecule has 6 heteroatoms. The highest BCUT2D eigenvalue weighted by molar-refractivity contribution is 5.97. The second kappa shape index (κ2) is 6.87. The first-order chi connectivity index (χ1) is 13.0. The minimum atomic E-state index is -0.841. The van der Waals surface area contributed by atoms with Crippen LogP contribution in [0.2, 0.25) is 0 Å². The maximum atomic E-state index is 13.0. The van der Waals surface area contributed by atoms with Crippen molar-refractivity contribution in [2.45, 2.75) is 6.42 Å². The van der Waals surface area contributed by atoms with Crippen LogP contribution >= 0.6 is 0 Å². The second-order valence-electron chi connectivity index (χ2n) is 7.16. The molecule has 1 saturated heterocycles. The van der Waals surface area contributed by atoms with Gasteiger partial charge in [0.15, 0.2) is 0 Å². The zero-order valence-electron chi connectivity index (χ0n) is 15.1. The number of hydrogen-bond acceptors (Lipinski definition) is 3. The maximum Gasteiger partial charge on any atom is 0.308 e. The van der Waals surface area contributed by atoms with Crippen molar-refractivity contribution in [3.63, 3.8) is 0 Å². The van der Waals surface area contributed by atoms with Crippen molar-refractivity contribution < 1.29 is 14.7 Å². The van der Waals surface area contributed by atoms with Crippen molar-refractivity contribution in [2.24, 2.45) is 18.9 Å². The van der Waals surface area contributed by atoms with Gasteiger partial charge < -0.3 is 14.6 Å². The number of aryl methyl sites for hydroxylation is 1. The molecule has 1 aliphatic heterocycles. The van der Waals surface area contributed by atoms with Crippen molar-refractivity contribution in [2.75, 3.05) is 13.1 Å². The van der Waals surface area contributed by atoms with Gasteiger partial charge in [-0.2, -0.15) is 0 Å². The molecule has 6 nitrogen and oxygen atoms in total. The quantitative estimate of drug-likeness (QED) is 0.773. The van der Waals surface area contributed by atoms with E-state index in [-0.39, 0.29) is 18.4 Å². The molecule has 1 aliphatic rings. The van der Waals surface area contributed by atoms with E-state index < -0.39 is 11.9 Å². The summed E-state index contributed by atoms with van der Waals surface area (Å²) in [6.45, 7) is 0.691. The van der Waals surface area contributed by atoms with Crippen LogP contribution in [0.25, 0.3) is 11.0 Å². The lowest BCUT2D eigenvalue weighted by Crippen LogP contribution is -2.29. The highest BCUT2D eigenvalue weighted by atomic mass is 16.4. The van der Waals surface area contributed by atoms with Gasteiger partial charge in [-0.15, -0.1) is 0 Å². The number of rotatable bonds is 4. The summed E-state index contributed by atoms with van der Waals surface area (Å²) in [6, 6.07) is 15.3. The molecule has 2 atom stereocenters. The predicted molar refractivity (Wildman–Crippen MR) is 101 cm³/mol. The Hall–Kier alpha value is -3.15. The molecule has 1 N–H and O–H groups in total. The van der Waals surface area contributed by atoms with Gasteiger partial charge in [0.05, 0.1) is 23.3 Å². The van der Waals surface area contributed by atoms with Crippen LogP contribution in [0.3, 0.4) is 0 Å². The van der Waals surface area contributed by atoms with Crippen LogP contribution in [0.4, 0.5) is 0 Å². The largest absolute Gasteiger partial charge is 0.481 e. The zero-order chi connectivity index (χ0) is 19.0. The fourth-order valence-corrected chi connectivity index (χ4v) is 3.89. The summed E-state index contributed by atoms with van der Waals surface area (Å²) in [5.41, 5.74) is 3.36. The Balaban J connectivity index is 1.55. The second-order valence-corrected chi connectivity index (χ2v) is 7.16. The molecule has 0 radical (unpaired) electrons. The van der Waals surface area contributed by atoms with Crippen LogP contribution < -0.4 is 0 Å². The Kier molecular flexibility index (Phi) is 4.39. The van der Waals surface area contributed by atoms with E-state index in [4.69, 9.17) is 0 Å². The Morgan fingerprint density at radius 3 is 2.67 bits per heavy atom. The van der Waals surface area contributed by atoms with Gasteiger partial charge in [0.2, 0.25) is 0 Å². The van der Waals surface area contributed by atoms with Crippen LogP contribution in [0.15, 0.2) is 54.9 Å². The van der Waals surface area contributed by atoms with E-state index >= 15 is 0 Å². The highest BCUT2D eigenvalue weighted by Crippen LogP contribution is 2.29. The van der Waals surface area contributed by atoms with Gasteiger partial charge in [0.25, 0.3) is 5.91 Å². The summed E-state index contributed by atoms with van der Waals surface area (Å²) in [5.74, 6) is -1.61. The molecule has 3 aromatic rings. The summed E-state index contributed by atoms with van der Waals surface area (Å²) < 4.78 is 1.90. The molecule has 0 spiro atoms. The SMILES string of the molecule is Cn1cnc2cc(C(=O)N3C[C@@H](Cc4ccccc4)[C@H](C(=O)O)C3)ccc21. The van der Waals surface area contributed by atoms with Crippen molar-refractivity contribution in [3.05, 3.63) is 66.0 Å². The van der Waals surface area contributed by atoms with Crippen LogP contribution in [-0.4, -0.2) is 44.5 Å². The number of fused-ring (bicyclic) bond motifs is 1. The van der Waals surface area contributed by atoms with E-state index in [1.807, 2.05) is 48.0 Å². The number of nitrogens with zero attached hydrogens (tertiary/aromatic N) is 3. The molecule has 2 aromatic carbocycles. The smallest absolute Gasteiger partial charge is 0.308 e. The van der Waals surface area contributed by atoms with Crippen molar-refractivity contribution in [1.82, 2.24) is 14.5 Å². The fraction of sp³-hybridized carbons (Fsp3) is 0.286. The number of aliphatic carboxylic acids is 1. The number of likely N-dealkylation sites (tertiary alicyclic amines) is 1. The number of carboxylic acids is 1. The summed E-state index contributed by atoms with van der Waals surface area (Å²) in [7, 11) is 1.91. The number of carbonyl (C=O) groups excluding carboxylic acids is 1. The van der Waals surface area contributed by atoms with Crippen LogP contribution in [-0.2, 0) is 18.3 Å². The van der Waals surface area contributed by atoms with Crippen LogP contribution in [0.1, 0.15) is 15.9 Å². The van der Waals surface area contributed by atoms with E-state index in [1.165, 1.54) is 0 Å². The third-order valence-electron chi connectivity index (χ3n) is 5.36. The number of carbonyl (C=O) groups is 2. The van der Waals surface area contributed by atoms with Gasteiger partial charge >= 0.3 is 5.97 Å². The number of imidazole rings is 1. The standard InChI is InChI=1S/C21H21N3O3/c1-23-13-22-18-10-15(7-8-19(18)23)20(25)24-11-16(17(12-24)21(26)27)9-14-5-3-2-4-6-14/h2-8,10,13,16-17H,9,11-12H2,1H3,(H,26,27)/t16-,17-/m1/s1. The monoisotopic (exact) mass is 363 g/mol. The van der Waals surface area contributed by atoms with Crippen molar-refractivity contribution >= 4 is 22.9 Å². The Morgan fingerprint density at radius 1 is 1.15 bits per heavy atom. The van der Waals surface area contributed by atoms with Gasteiger partial charge in [-0.1, -0.05) is 30.3 Å². The normalized spacial score (nSPS) is 19.5. The van der Waals surface area contributed by atoms with E-state index in [1.54, 1.807) is 23.4 Å². The molecule has 0 saturated carbocycles. The predicted octanol–water partition coefficient (Wildman–Crippen LogP) is 2.59. The van der Waals surface area contributed by atoms with E-state index in [9.17, 15) is 14.7 Å². The first kappa shape index (κ1) is 17.3. The van der Waals surface area contributed by atoms with Crippen molar-refractivity contribution in [3.8, 4) is 0 Å². The molecule has 138 valence electrons. The lowest BCUT2D eigenvalue weighted by molar-refractivity contribution is -0.142. The summed E-state index contributed by atoms with van der Waals surface area (Å²) in [5, 5.41) is 9.63. The molecule has 1 fully saturated rings. The average molecular weight is 363 g/mol. The maximum absolute atomic E-state index is 13.0. The fourth-order valence-electron chi connectivity index (χ4n) is 3.89. The topological polar surface area (TPSA) is 75.4 Å². The molecule has 0 bridgehead atoms. The molecular formula is C21H21N3O3. The molecule has 0 unspecified atom stereocenters. The van der Waals surface area contributed by atoms with Crippen molar-refractivity contribution in [1.29, 1.82) is 0 Å². The number of aromatic nitrogens is 2. The molecule has 0 aliphatic carbocycles. The van der Waals surface area contributed by atoms with Gasteiger partial charge in [0, 0.05) is 25.7 Å². The lowest BCUT2D eigenvalue weighted by Gasteiger charge is -2.16. The minimum Gasteiger partial charge on any atom is -0.481 e. The summed E-state index contributed by atoms with van der Waals surface area (Å²) in [4.78, 5) is 30.7. The lowest BCUT2D eigenvalue weighted by atomic mass is 9.90. The number of benzene rings is 2. The van der Waals surface area contributed by atoms with Gasteiger partial charge in [-0.05, 0) is 36.1 Å². The molecule has 4 rings (SSSR count). The van der Waals surface area contributed by atoms with E-state index in [2.05, 4.69) is 4.98 Å². The highest BCUT2D eigenvalue weighted by Gasteiger charge is 2.39. The number of amides is 1. The van der Waals surface area contributed by atoms with Gasteiger partial charge in [-0.3, -0.25) is 9.59 Å². The Labute approximate surface area is 157 Å². The molecular weight excluding hydrogens is 342 g/mol. The first-order valence-electron chi connectivity index (χ1n) is 9.00. The van der Waals surface area contributed by atoms with Gasteiger partial charge in [0.1, 0.15) is 0 Å². The summed E-state index contributed by atoms with van der Waals surface area (Å²) in [6.07, 6.45) is 2.37. The Bertz CT molecular complexity index is 996. The third-order valence-corrected chi connectivity index (χ3v) is 5.36. The average Bonchev–Trinajstić information content (AvgIpc) is 3.26. The zero-order valence-corrected chi connectivity index (χ0v) is 15.1. The van der Waals surface area contributed by atoms with Crippen LogP contribution in [0.5, 0.6) is 0 Å². The number of carboxylic acid groups (broad SMARTS) is 1. The minimum absolute atomic E-state index is 0.0903. The number of hydrogen-bond donors (Lipinski definition) is 1. The molecule has 2 heterocycles. The van der Waals surface area contributed by atoms with E-state index in [0.717, 1.165) is 16.6 Å². The first-order valence-corrected chi connectivity index (χ1v) is 9.00. The summed E-state index contributed by atoms with van der Waals surface area (Å²) >= 11 is 0. The Morgan fingerprint density at radius 2 is 1.93 bits per heavy atom. The van der Waals surface area contributed by atoms with E-state index in [0.29, 0.717) is 18.5 Å². The van der Waals surface area contributed by atoms with Gasteiger partial charge in [-0.25, -0.2) is 4.98 Å². The molecule has 27 heavy (non-hydrogen) atoms. The molecule has 1 aromatic heterocycles. The van der Waals surface area contributed by atoms with Crippen LogP contribution in [0, 0.1) is 11.8 Å². The molecule has 1 amide bonds. The third kappa shape index (κ3) is 3.30.